The minimum atomic E-state index is -0.540. The van der Waals surface area contributed by atoms with Crippen LogP contribution in [0, 0.1) is 17.1 Å². The van der Waals surface area contributed by atoms with E-state index in [0.717, 1.165) is 11.3 Å². The van der Waals surface area contributed by atoms with Crippen LogP contribution in [0.2, 0.25) is 0 Å². The van der Waals surface area contributed by atoms with Gasteiger partial charge >= 0.3 is 0 Å². The molecule has 1 amide bonds. The molecule has 0 saturated heterocycles. The SMILES string of the molecule is N#C/C(=C\c1ccn(-c2ccccc2)c1)C(=O)Nc1ccc(F)cc1. The summed E-state index contributed by atoms with van der Waals surface area (Å²) in [6, 6.07) is 18.8. The van der Waals surface area contributed by atoms with E-state index in [1.54, 1.807) is 0 Å². The van der Waals surface area contributed by atoms with Crippen LogP contribution in [0.1, 0.15) is 5.56 Å². The van der Waals surface area contributed by atoms with Crippen molar-refractivity contribution in [3.05, 3.63) is 90.0 Å². The fourth-order valence-corrected chi connectivity index (χ4v) is 2.31. The highest BCUT2D eigenvalue weighted by Gasteiger charge is 2.10. The Bertz CT molecular complexity index is 951. The van der Waals surface area contributed by atoms with Gasteiger partial charge in [-0.1, -0.05) is 18.2 Å². The third kappa shape index (κ3) is 4.01. The number of nitriles is 1. The molecule has 0 saturated carbocycles. The summed E-state index contributed by atoms with van der Waals surface area (Å²) in [6.45, 7) is 0. The van der Waals surface area contributed by atoms with Crippen molar-refractivity contribution in [2.75, 3.05) is 5.32 Å². The number of carbonyl (C=O) groups is 1. The molecule has 0 aliphatic heterocycles. The third-order valence-corrected chi connectivity index (χ3v) is 3.55. The fourth-order valence-electron chi connectivity index (χ4n) is 2.31. The minimum absolute atomic E-state index is 0.0323. The zero-order chi connectivity index (χ0) is 17.6. The van der Waals surface area contributed by atoms with Crippen LogP contribution in [0.3, 0.4) is 0 Å². The van der Waals surface area contributed by atoms with Crippen molar-refractivity contribution in [1.82, 2.24) is 4.57 Å². The molecule has 1 N–H and O–H groups in total. The number of hydrogen-bond acceptors (Lipinski definition) is 2. The lowest BCUT2D eigenvalue weighted by molar-refractivity contribution is -0.112. The van der Waals surface area contributed by atoms with E-state index in [9.17, 15) is 14.4 Å². The molecule has 0 fully saturated rings. The molecule has 4 nitrogen and oxygen atoms in total. The van der Waals surface area contributed by atoms with Crippen molar-refractivity contribution < 1.29 is 9.18 Å². The first kappa shape index (κ1) is 16.2. The van der Waals surface area contributed by atoms with E-state index in [0.29, 0.717) is 5.69 Å². The summed E-state index contributed by atoms with van der Waals surface area (Å²) < 4.78 is 14.8. The van der Waals surface area contributed by atoms with Gasteiger partial charge in [-0.25, -0.2) is 4.39 Å². The lowest BCUT2D eigenvalue weighted by Crippen LogP contribution is -2.13. The van der Waals surface area contributed by atoms with Gasteiger partial charge in [0.05, 0.1) is 0 Å². The van der Waals surface area contributed by atoms with E-state index in [4.69, 9.17) is 0 Å². The van der Waals surface area contributed by atoms with Crippen molar-refractivity contribution in [3.8, 4) is 11.8 Å². The molecule has 0 atom stereocenters. The number of hydrogen-bond donors (Lipinski definition) is 1. The van der Waals surface area contributed by atoms with Crippen LogP contribution in [0.4, 0.5) is 10.1 Å². The number of para-hydroxylation sites is 1. The van der Waals surface area contributed by atoms with Crippen LogP contribution in [-0.2, 0) is 4.79 Å². The van der Waals surface area contributed by atoms with E-state index >= 15 is 0 Å². The number of halogens is 1. The van der Waals surface area contributed by atoms with Gasteiger partial charge in [-0.2, -0.15) is 5.26 Å². The molecule has 0 spiro atoms. The van der Waals surface area contributed by atoms with Gasteiger partial charge in [-0.05, 0) is 54.1 Å². The summed E-state index contributed by atoms with van der Waals surface area (Å²) in [6.07, 6.45) is 5.20. The van der Waals surface area contributed by atoms with E-state index in [1.165, 1.54) is 30.3 Å². The molecule has 1 heterocycles. The lowest BCUT2D eigenvalue weighted by atomic mass is 10.2. The molecule has 1 aromatic heterocycles. The molecule has 5 heteroatoms. The van der Waals surface area contributed by atoms with Crippen LogP contribution in [0.5, 0.6) is 0 Å². The van der Waals surface area contributed by atoms with Crippen molar-refractivity contribution >= 4 is 17.7 Å². The molecular weight excluding hydrogens is 317 g/mol. The first-order valence-electron chi connectivity index (χ1n) is 7.58. The van der Waals surface area contributed by atoms with Gasteiger partial charge in [0.15, 0.2) is 0 Å². The Labute approximate surface area is 144 Å². The second-order valence-electron chi connectivity index (χ2n) is 5.32. The van der Waals surface area contributed by atoms with Crippen LogP contribution >= 0.6 is 0 Å². The van der Waals surface area contributed by atoms with E-state index in [-0.39, 0.29) is 5.57 Å². The smallest absolute Gasteiger partial charge is 0.266 e. The predicted molar refractivity (Wildman–Crippen MR) is 94.4 cm³/mol. The molecule has 3 rings (SSSR count). The number of amides is 1. The second kappa shape index (κ2) is 7.28. The first-order chi connectivity index (χ1) is 12.2. The molecule has 25 heavy (non-hydrogen) atoms. The molecule has 0 unspecified atom stereocenters. The van der Waals surface area contributed by atoms with Gasteiger partial charge in [0.25, 0.3) is 5.91 Å². The normalized spacial score (nSPS) is 11.0. The minimum Gasteiger partial charge on any atom is -0.323 e. The van der Waals surface area contributed by atoms with Crippen LogP contribution in [0.25, 0.3) is 11.8 Å². The topological polar surface area (TPSA) is 57.8 Å². The monoisotopic (exact) mass is 331 g/mol. The Morgan fingerprint density at radius 2 is 1.80 bits per heavy atom. The van der Waals surface area contributed by atoms with Crippen LogP contribution in [0.15, 0.2) is 78.6 Å². The quantitative estimate of drug-likeness (QED) is 0.576. The van der Waals surface area contributed by atoms with Crippen LogP contribution < -0.4 is 5.32 Å². The molecule has 3 aromatic rings. The summed E-state index contributed by atoms with van der Waals surface area (Å²) in [5.74, 6) is -0.933. The zero-order valence-electron chi connectivity index (χ0n) is 13.2. The molecule has 122 valence electrons. The molecule has 0 aliphatic rings. The highest BCUT2D eigenvalue weighted by atomic mass is 19.1. The molecular formula is C20H14FN3O. The third-order valence-electron chi connectivity index (χ3n) is 3.55. The number of rotatable bonds is 4. The van der Waals surface area contributed by atoms with Gasteiger partial charge in [-0.3, -0.25) is 4.79 Å². The Morgan fingerprint density at radius 1 is 1.08 bits per heavy atom. The Kier molecular flexibility index (Phi) is 4.72. The van der Waals surface area contributed by atoms with Gasteiger partial charge < -0.3 is 9.88 Å². The maximum absolute atomic E-state index is 12.9. The Morgan fingerprint density at radius 3 is 2.48 bits per heavy atom. The average molecular weight is 331 g/mol. The number of nitrogens with zero attached hydrogens (tertiary/aromatic N) is 2. The van der Waals surface area contributed by atoms with E-state index in [2.05, 4.69) is 5.32 Å². The number of carbonyl (C=O) groups excluding carboxylic acids is 1. The maximum Gasteiger partial charge on any atom is 0.266 e. The van der Waals surface area contributed by atoms with Gasteiger partial charge in [0.1, 0.15) is 17.5 Å². The first-order valence-corrected chi connectivity index (χ1v) is 7.58. The summed E-state index contributed by atoms with van der Waals surface area (Å²) in [4.78, 5) is 12.2. The highest BCUT2D eigenvalue weighted by molar-refractivity contribution is 6.09. The van der Waals surface area contributed by atoms with Crippen LogP contribution in [-0.4, -0.2) is 10.5 Å². The average Bonchev–Trinajstić information content (AvgIpc) is 3.11. The van der Waals surface area contributed by atoms with Crippen molar-refractivity contribution in [3.63, 3.8) is 0 Å². The molecule has 0 aliphatic carbocycles. The van der Waals surface area contributed by atoms with Crippen molar-refractivity contribution in [2.24, 2.45) is 0 Å². The maximum atomic E-state index is 12.9. The predicted octanol–water partition coefficient (Wildman–Crippen LogP) is 4.16. The highest BCUT2D eigenvalue weighted by Crippen LogP contribution is 2.15. The van der Waals surface area contributed by atoms with E-state index < -0.39 is 11.7 Å². The second-order valence-corrected chi connectivity index (χ2v) is 5.32. The molecule has 0 radical (unpaired) electrons. The summed E-state index contributed by atoms with van der Waals surface area (Å²) in [5.41, 5.74) is 2.11. The summed E-state index contributed by atoms with van der Waals surface area (Å²) in [5, 5.41) is 11.8. The van der Waals surface area contributed by atoms with Crippen molar-refractivity contribution in [1.29, 1.82) is 5.26 Å². The van der Waals surface area contributed by atoms with Crippen molar-refractivity contribution in [2.45, 2.75) is 0 Å². The fraction of sp³-hybridized carbons (Fsp3) is 0. The van der Waals surface area contributed by atoms with E-state index in [1.807, 2.05) is 59.4 Å². The summed E-state index contributed by atoms with van der Waals surface area (Å²) in [7, 11) is 0. The standard InChI is InChI=1S/C20H14FN3O/c21-17-6-8-18(9-7-17)23-20(25)16(13-22)12-15-10-11-24(14-15)19-4-2-1-3-5-19/h1-12,14H,(H,23,25)/b16-12+. The number of aromatic nitrogens is 1. The number of anilines is 1. The Hall–Kier alpha value is -3.65. The lowest BCUT2D eigenvalue weighted by Gasteiger charge is -2.03. The number of nitrogens with one attached hydrogen (secondary N) is 1. The Balaban J connectivity index is 1.78. The molecule has 2 aromatic carbocycles. The van der Waals surface area contributed by atoms with Gasteiger partial charge in [0, 0.05) is 23.8 Å². The largest absolute Gasteiger partial charge is 0.323 e. The van der Waals surface area contributed by atoms with Gasteiger partial charge in [0.2, 0.25) is 0 Å². The van der Waals surface area contributed by atoms with Gasteiger partial charge in [-0.15, -0.1) is 0 Å². The zero-order valence-corrected chi connectivity index (χ0v) is 13.2. The number of benzene rings is 2. The molecule has 0 bridgehead atoms. The summed E-state index contributed by atoms with van der Waals surface area (Å²) >= 11 is 0.